The quantitative estimate of drug-likeness (QED) is 0.883. The molecule has 2 nitrogen and oxygen atoms in total. The minimum Gasteiger partial charge on any atom is -0.302 e. The van der Waals surface area contributed by atoms with Crippen LogP contribution >= 0.6 is 0 Å². The highest BCUT2D eigenvalue weighted by atomic mass is 16.1. The van der Waals surface area contributed by atoms with Gasteiger partial charge in [-0.15, -0.1) is 0 Å². The summed E-state index contributed by atoms with van der Waals surface area (Å²) in [5.74, 6) is 0.415. The standard InChI is InChI=1S/C16H23NO/c1-11(2)15(18)16(17-12(3)4)9-13-7-5-6-8-14(13)10-16/h5-8,11-12,17H,9-10H2,1-4H3. The monoisotopic (exact) mass is 245 g/mol. The van der Waals surface area contributed by atoms with Crippen molar-refractivity contribution >= 4 is 5.78 Å². The number of rotatable bonds is 4. The maximum Gasteiger partial charge on any atom is 0.156 e. The van der Waals surface area contributed by atoms with Crippen LogP contribution in [0.1, 0.15) is 38.8 Å². The zero-order valence-corrected chi connectivity index (χ0v) is 11.8. The van der Waals surface area contributed by atoms with E-state index in [0.29, 0.717) is 11.8 Å². The van der Waals surface area contributed by atoms with Crippen LogP contribution in [0, 0.1) is 5.92 Å². The Morgan fingerprint density at radius 3 is 2.00 bits per heavy atom. The molecule has 0 bridgehead atoms. The number of fused-ring (bicyclic) bond motifs is 1. The lowest BCUT2D eigenvalue weighted by atomic mass is 9.84. The Labute approximate surface area is 110 Å². The summed E-state index contributed by atoms with van der Waals surface area (Å²) >= 11 is 0. The van der Waals surface area contributed by atoms with Gasteiger partial charge in [0.15, 0.2) is 5.78 Å². The van der Waals surface area contributed by atoms with E-state index in [2.05, 4.69) is 43.4 Å². The Morgan fingerprint density at radius 1 is 1.11 bits per heavy atom. The van der Waals surface area contributed by atoms with Crippen LogP contribution in [-0.2, 0) is 17.6 Å². The van der Waals surface area contributed by atoms with Crippen molar-refractivity contribution in [2.24, 2.45) is 5.92 Å². The maximum atomic E-state index is 12.6. The van der Waals surface area contributed by atoms with E-state index >= 15 is 0 Å². The van der Waals surface area contributed by atoms with Gasteiger partial charge in [-0.3, -0.25) is 4.79 Å². The van der Waals surface area contributed by atoms with E-state index in [1.165, 1.54) is 11.1 Å². The predicted octanol–water partition coefficient (Wildman–Crippen LogP) is 2.75. The number of nitrogens with one attached hydrogen (secondary N) is 1. The zero-order chi connectivity index (χ0) is 13.3. The summed E-state index contributed by atoms with van der Waals surface area (Å²) < 4.78 is 0. The molecule has 1 aliphatic carbocycles. The second kappa shape index (κ2) is 4.85. The van der Waals surface area contributed by atoms with Crippen molar-refractivity contribution in [3.8, 4) is 0 Å². The topological polar surface area (TPSA) is 29.1 Å². The molecule has 0 unspecified atom stereocenters. The van der Waals surface area contributed by atoms with Crippen molar-refractivity contribution < 1.29 is 4.79 Å². The molecular weight excluding hydrogens is 222 g/mol. The van der Waals surface area contributed by atoms with E-state index in [1.807, 2.05) is 13.8 Å². The van der Waals surface area contributed by atoms with Gasteiger partial charge in [0.1, 0.15) is 0 Å². The van der Waals surface area contributed by atoms with Crippen LogP contribution in [0.5, 0.6) is 0 Å². The van der Waals surface area contributed by atoms with Gasteiger partial charge in [-0.1, -0.05) is 38.1 Å². The molecule has 0 saturated carbocycles. The largest absolute Gasteiger partial charge is 0.302 e. The Morgan fingerprint density at radius 2 is 1.61 bits per heavy atom. The highest BCUT2D eigenvalue weighted by Gasteiger charge is 2.44. The minimum absolute atomic E-state index is 0.0746. The average Bonchev–Trinajstić information content (AvgIpc) is 2.65. The van der Waals surface area contributed by atoms with E-state index in [-0.39, 0.29) is 11.5 Å². The van der Waals surface area contributed by atoms with Gasteiger partial charge in [0.2, 0.25) is 0 Å². The summed E-state index contributed by atoms with van der Waals surface area (Å²) in [5, 5.41) is 3.53. The number of hydrogen-bond donors (Lipinski definition) is 1. The van der Waals surface area contributed by atoms with Crippen LogP contribution in [0.4, 0.5) is 0 Å². The number of carbonyl (C=O) groups excluding carboxylic acids is 1. The number of benzene rings is 1. The van der Waals surface area contributed by atoms with Gasteiger partial charge in [0.05, 0.1) is 5.54 Å². The molecule has 0 heterocycles. The summed E-state index contributed by atoms with van der Waals surface area (Å²) in [6.07, 6.45) is 1.66. The second-order valence-electron chi connectivity index (χ2n) is 6.02. The second-order valence-corrected chi connectivity index (χ2v) is 6.02. The molecule has 2 rings (SSSR count). The fraction of sp³-hybridized carbons (Fsp3) is 0.562. The van der Waals surface area contributed by atoms with Crippen LogP contribution in [0.25, 0.3) is 0 Å². The smallest absolute Gasteiger partial charge is 0.156 e. The molecule has 18 heavy (non-hydrogen) atoms. The molecule has 0 atom stereocenters. The van der Waals surface area contributed by atoms with Crippen molar-refractivity contribution in [2.75, 3.05) is 0 Å². The van der Waals surface area contributed by atoms with Gasteiger partial charge >= 0.3 is 0 Å². The first-order valence-corrected chi connectivity index (χ1v) is 6.83. The number of hydrogen-bond acceptors (Lipinski definition) is 2. The van der Waals surface area contributed by atoms with Crippen molar-refractivity contribution in [1.82, 2.24) is 5.32 Å². The molecule has 1 N–H and O–H groups in total. The Kier molecular flexibility index (Phi) is 3.58. The van der Waals surface area contributed by atoms with Crippen molar-refractivity contribution in [2.45, 2.75) is 52.1 Å². The predicted molar refractivity (Wildman–Crippen MR) is 74.7 cm³/mol. The van der Waals surface area contributed by atoms with Crippen molar-refractivity contribution in [3.63, 3.8) is 0 Å². The van der Waals surface area contributed by atoms with Crippen LogP contribution in [0.15, 0.2) is 24.3 Å². The first kappa shape index (κ1) is 13.3. The normalized spacial score (nSPS) is 17.2. The molecule has 0 radical (unpaired) electrons. The Balaban J connectivity index is 2.33. The summed E-state index contributed by atoms with van der Waals surface area (Å²) in [5.41, 5.74) is 2.26. The van der Waals surface area contributed by atoms with Crippen LogP contribution < -0.4 is 5.32 Å². The summed E-state index contributed by atoms with van der Waals surface area (Å²) in [4.78, 5) is 12.6. The molecule has 1 aliphatic rings. The third-order valence-electron chi connectivity index (χ3n) is 3.66. The summed E-state index contributed by atoms with van der Waals surface area (Å²) in [6, 6.07) is 8.73. The van der Waals surface area contributed by atoms with Gasteiger partial charge in [-0.25, -0.2) is 0 Å². The molecule has 0 fully saturated rings. The number of Topliss-reactive ketones (excluding diaryl/α,β-unsaturated/α-hetero) is 1. The fourth-order valence-corrected chi connectivity index (χ4v) is 3.07. The van der Waals surface area contributed by atoms with Gasteiger partial charge in [-0.2, -0.15) is 0 Å². The van der Waals surface area contributed by atoms with E-state index in [4.69, 9.17) is 0 Å². The molecule has 98 valence electrons. The molecule has 0 aliphatic heterocycles. The highest BCUT2D eigenvalue weighted by molar-refractivity contribution is 5.91. The van der Waals surface area contributed by atoms with Crippen LogP contribution in [-0.4, -0.2) is 17.4 Å². The first-order chi connectivity index (χ1) is 8.44. The third-order valence-corrected chi connectivity index (χ3v) is 3.66. The third kappa shape index (κ3) is 2.35. The molecule has 1 aromatic carbocycles. The van der Waals surface area contributed by atoms with Crippen molar-refractivity contribution in [1.29, 1.82) is 0 Å². The van der Waals surface area contributed by atoms with Gasteiger partial charge in [-0.05, 0) is 37.8 Å². The molecule has 0 amide bonds. The number of ketones is 1. The lowest BCUT2D eigenvalue weighted by Gasteiger charge is -2.32. The molecule has 0 saturated heterocycles. The Hall–Kier alpha value is -1.15. The molecule has 2 heteroatoms. The SMILES string of the molecule is CC(C)NC1(C(=O)C(C)C)Cc2ccccc2C1. The van der Waals surface area contributed by atoms with Crippen molar-refractivity contribution in [3.05, 3.63) is 35.4 Å². The van der Waals surface area contributed by atoms with Gasteiger partial charge in [0, 0.05) is 12.0 Å². The molecule has 1 aromatic rings. The fourth-order valence-electron chi connectivity index (χ4n) is 3.07. The molecule has 0 spiro atoms. The van der Waals surface area contributed by atoms with Crippen LogP contribution in [0.3, 0.4) is 0 Å². The van der Waals surface area contributed by atoms with E-state index in [0.717, 1.165) is 12.8 Å². The lowest BCUT2D eigenvalue weighted by Crippen LogP contribution is -2.57. The van der Waals surface area contributed by atoms with Crippen LogP contribution in [0.2, 0.25) is 0 Å². The highest BCUT2D eigenvalue weighted by Crippen LogP contribution is 2.33. The molecule has 0 aromatic heterocycles. The first-order valence-electron chi connectivity index (χ1n) is 6.83. The molecular formula is C16H23NO. The lowest BCUT2D eigenvalue weighted by molar-refractivity contribution is -0.128. The average molecular weight is 245 g/mol. The summed E-state index contributed by atoms with van der Waals surface area (Å²) in [7, 11) is 0. The maximum absolute atomic E-state index is 12.6. The number of carbonyl (C=O) groups is 1. The zero-order valence-electron chi connectivity index (χ0n) is 11.8. The minimum atomic E-state index is -0.383. The summed E-state index contributed by atoms with van der Waals surface area (Å²) in [6.45, 7) is 8.21. The van der Waals surface area contributed by atoms with E-state index in [9.17, 15) is 4.79 Å². The van der Waals surface area contributed by atoms with Gasteiger partial charge < -0.3 is 5.32 Å². The van der Waals surface area contributed by atoms with E-state index in [1.54, 1.807) is 0 Å². The van der Waals surface area contributed by atoms with Gasteiger partial charge in [0.25, 0.3) is 0 Å². The Bertz CT molecular complexity index is 423. The van der Waals surface area contributed by atoms with E-state index < -0.39 is 0 Å².